The summed E-state index contributed by atoms with van der Waals surface area (Å²) in [5.74, 6) is -0.158. The van der Waals surface area contributed by atoms with Crippen LogP contribution < -0.4 is 5.32 Å². The van der Waals surface area contributed by atoms with Crippen LogP contribution in [-0.4, -0.2) is 65.4 Å². The van der Waals surface area contributed by atoms with Crippen molar-refractivity contribution in [3.05, 3.63) is 59.9 Å². The van der Waals surface area contributed by atoms with Crippen LogP contribution in [0, 0.1) is 5.82 Å². The van der Waals surface area contributed by atoms with Crippen LogP contribution in [0.25, 0.3) is 22.2 Å². The molecule has 2 heterocycles. The van der Waals surface area contributed by atoms with Gasteiger partial charge < -0.3 is 15.2 Å². The maximum Gasteiger partial charge on any atom is 0.234 e. The molecule has 4 rings (SSSR count). The lowest BCUT2D eigenvalue weighted by Crippen LogP contribution is -2.51. The summed E-state index contributed by atoms with van der Waals surface area (Å²) in [7, 11) is 0. The zero-order valence-corrected chi connectivity index (χ0v) is 19.9. The number of hydrogen-bond acceptors (Lipinski definition) is 3. The van der Waals surface area contributed by atoms with Gasteiger partial charge in [0.1, 0.15) is 5.82 Å². The summed E-state index contributed by atoms with van der Waals surface area (Å²) in [6.07, 6.45) is 1.80. The summed E-state index contributed by atoms with van der Waals surface area (Å²) in [6.45, 7) is 7.02. The molecule has 1 atom stereocenters. The van der Waals surface area contributed by atoms with Gasteiger partial charge in [-0.3, -0.25) is 14.5 Å². The number of fused-ring (bicyclic) bond motifs is 1. The van der Waals surface area contributed by atoms with E-state index in [1.54, 1.807) is 12.1 Å². The van der Waals surface area contributed by atoms with Crippen molar-refractivity contribution < 1.29 is 14.0 Å². The monoisotopic (exact) mass is 464 g/mol. The highest BCUT2D eigenvalue weighted by Crippen LogP contribution is 2.32. The SMILES string of the molecule is CCC(C)NC(=O)CN1CCN(C(=O)CCc2c(-c3ccccc3)[nH]c3ccc(F)cc23)CC1. The van der Waals surface area contributed by atoms with Crippen molar-refractivity contribution in [2.75, 3.05) is 32.7 Å². The van der Waals surface area contributed by atoms with Crippen LogP contribution in [0.2, 0.25) is 0 Å². The largest absolute Gasteiger partial charge is 0.354 e. The number of carbonyl (C=O) groups is 2. The minimum absolute atomic E-state index is 0.0362. The summed E-state index contributed by atoms with van der Waals surface area (Å²) in [4.78, 5) is 32.5. The Kier molecular flexibility index (Phi) is 7.63. The number of halogens is 1. The van der Waals surface area contributed by atoms with Crippen molar-refractivity contribution in [3.8, 4) is 11.3 Å². The number of rotatable bonds is 8. The highest BCUT2D eigenvalue weighted by atomic mass is 19.1. The van der Waals surface area contributed by atoms with Gasteiger partial charge in [0.15, 0.2) is 0 Å². The second-order valence-corrected chi connectivity index (χ2v) is 9.07. The number of benzene rings is 2. The Labute approximate surface area is 200 Å². The van der Waals surface area contributed by atoms with E-state index in [4.69, 9.17) is 0 Å². The second kappa shape index (κ2) is 10.8. The Morgan fingerprint density at radius 2 is 1.82 bits per heavy atom. The maximum atomic E-state index is 14.0. The molecular formula is C27H33FN4O2. The van der Waals surface area contributed by atoms with Crippen LogP contribution >= 0.6 is 0 Å². The van der Waals surface area contributed by atoms with Gasteiger partial charge in [0.2, 0.25) is 11.8 Å². The molecule has 2 aromatic carbocycles. The van der Waals surface area contributed by atoms with E-state index < -0.39 is 0 Å². The quantitative estimate of drug-likeness (QED) is 0.530. The first kappa shape index (κ1) is 24.0. The van der Waals surface area contributed by atoms with Crippen molar-refractivity contribution in [1.29, 1.82) is 0 Å². The molecule has 0 saturated carbocycles. The van der Waals surface area contributed by atoms with Crippen molar-refractivity contribution in [3.63, 3.8) is 0 Å². The van der Waals surface area contributed by atoms with Crippen LogP contribution in [0.5, 0.6) is 0 Å². The van der Waals surface area contributed by atoms with Crippen molar-refractivity contribution >= 4 is 22.7 Å². The Balaban J connectivity index is 1.39. The number of aryl methyl sites for hydroxylation is 1. The second-order valence-electron chi connectivity index (χ2n) is 9.07. The fraction of sp³-hybridized carbons (Fsp3) is 0.407. The van der Waals surface area contributed by atoms with Crippen molar-refractivity contribution in [2.24, 2.45) is 0 Å². The smallest absolute Gasteiger partial charge is 0.234 e. The van der Waals surface area contributed by atoms with Gasteiger partial charge in [-0.15, -0.1) is 0 Å². The van der Waals surface area contributed by atoms with E-state index in [2.05, 4.69) is 15.2 Å². The topological polar surface area (TPSA) is 68.4 Å². The number of aromatic amines is 1. The van der Waals surface area contributed by atoms with Crippen LogP contribution in [0.3, 0.4) is 0 Å². The number of H-pyrrole nitrogens is 1. The van der Waals surface area contributed by atoms with Gasteiger partial charge in [-0.1, -0.05) is 37.3 Å². The average Bonchev–Trinajstić information content (AvgIpc) is 3.21. The molecule has 0 bridgehead atoms. The van der Waals surface area contributed by atoms with E-state index in [-0.39, 0.29) is 23.7 Å². The molecule has 1 aromatic heterocycles. The number of aromatic nitrogens is 1. The van der Waals surface area contributed by atoms with Gasteiger partial charge >= 0.3 is 0 Å². The molecule has 1 unspecified atom stereocenters. The molecule has 34 heavy (non-hydrogen) atoms. The van der Waals surface area contributed by atoms with E-state index >= 15 is 0 Å². The van der Waals surface area contributed by atoms with Crippen molar-refractivity contribution in [1.82, 2.24) is 20.1 Å². The van der Waals surface area contributed by atoms with Crippen LogP contribution in [0.4, 0.5) is 4.39 Å². The average molecular weight is 465 g/mol. The number of carbonyl (C=O) groups excluding carboxylic acids is 2. The van der Waals surface area contributed by atoms with Gasteiger partial charge in [-0.2, -0.15) is 0 Å². The third-order valence-corrected chi connectivity index (χ3v) is 6.63. The molecule has 2 N–H and O–H groups in total. The Hall–Kier alpha value is -3.19. The van der Waals surface area contributed by atoms with E-state index in [0.717, 1.165) is 34.1 Å². The molecule has 0 spiro atoms. The van der Waals surface area contributed by atoms with Crippen LogP contribution in [0.15, 0.2) is 48.5 Å². The normalized spacial score (nSPS) is 15.4. The molecule has 1 fully saturated rings. The molecule has 1 saturated heterocycles. The zero-order chi connectivity index (χ0) is 24.1. The van der Waals surface area contributed by atoms with Gasteiger partial charge in [0, 0.05) is 55.2 Å². The molecular weight excluding hydrogens is 431 g/mol. The Bertz CT molecular complexity index is 1140. The number of nitrogens with zero attached hydrogens (tertiary/aromatic N) is 2. The summed E-state index contributed by atoms with van der Waals surface area (Å²) in [5, 5.41) is 3.82. The lowest BCUT2D eigenvalue weighted by molar-refractivity contribution is -0.133. The molecule has 2 amide bonds. The van der Waals surface area contributed by atoms with Gasteiger partial charge in [0.25, 0.3) is 0 Å². The predicted molar refractivity (Wildman–Crippen MR) is 133 cm³/mol. The van der Waals surface area contributed by atoms with E-state index in [1.807, 2.05) is 49.1 Å². The summed E-state index contributed by atoms with van der Waals surface area (Å²) >= 11 is 0. The summed E-state index contributed by atoms with van der Waals surface area (Å²) in [6, 6.07) is 14.9. The molecule has 0 radical (unpaired) electrons. The first-order valence-corrected chi connectivity index (χ1v) is 12.1. The van der Waals surface area contributed by atoms with E-state index in [0.29, 0.717) is 45.6 Å². The van der Waals surface area contributed by atoms with Crippen LogP contribution in [0.1, 0.15) is 32.3 Å². The third-order valence-electron chi connectivity index (χ3n) is 6.63. The molecule has 7 heteroatoms. The summed E-state index contributed by atoms with van der Waals surface area (Å²) < 4.78 is 14.0. The van der Waals surface area contributed by atoms with Gasteiger partial charge in [-0.25, -0.2) is 4.39 Å². The lowest BCUT2D eigenvalue weighted by Gasteiger charge is -2.34. The first-order chi connectivity index (χ1) is 16.4. The first-order valence-electron chi connectivity index (χ1n) is 12.1. The number of amides is 2. The molecule has 1 aliphatic rings. The molecule has 180 valence electrons. The standard InChI is InChI=1S/C27H33FN4O2/c1-3-19(2)29-25(33)18-31-13-15-32(16-14-31)26(34)12-10-22-23-17-21(28)9-11-24(23)30-27(22)20-7-5-4-6-8-20/h4-9,11,17,19,30H,3,10,12-16,18H2,1-2H3,(H,29,33). The molecule has 0 aliphatic carbocycles. The lowest BCUT2D eigenvalue weighted by atomic mass is 10.0. The van der Waals surface area contributed by atoms with Crippen molar-refractivity contribution in [2.45, 2.75) is 39.2 Å². The van der Waals surface area contributed by atoms with E-state index in [9.17, 15) is 14.0 Å². The van der Waals surface area contributed by atoms with Gasteiger partial charge in [-0.05, 0) is 49.1 Å². The fourth-order valence-corrected chi connectivity index (χ4v) is 4.50. The highest BCUT2D eigenvalue weighted by Gasteiger charge is 2.23. The number of hydrogen-bond donors (Lipinski definition) is 2. The number of nitrogens with one attached hydrogen (secondary N) is 2. The fourth-order valence-electron chi connectivity index (χ4n) is 4.50. The predicted octanol–water partition coefficient (Wildman–Crippen LogP) is 3.97. The molecule has 3 aromatic rings. The highest BCUT2D eigenvalue weighted by molar-refractivity contribution is 5.91. The van der Waals surface area contributed by atoms with Crippen LogP contribution in [-0.2, 0) is 16.0 Å². The summed E-state index contributed by atoms with van der Waals surface area (Å²) in [5.41, 5.74) is 3.79. The Morgan fingerprint density at radius 1 is 1.09 bits per heavy atom. The maximum absolute atomic E-state index is 14.0. The van der Waals surface area contributed by atoms with E-state index in [1.165, 1.54) is 6.07 Å². The Morgan fingerprint density at radius 3 is 2.53 bits per heavy atom. The zero-order valence-electron chi connectivity index (χ0n) is 19.9. The van der Waals surface area contributed by atoms with Gasteiger partial charge in [0.05, 0.1) is 6.54 Å². The molecule has 6 nitrogen and oxygen atoms in total. The number of piperazine rings is 1. The third kappa shape index (κ3) is 5.65. The minimum atomic E-state index is -0.285. The molecule has 1 aliphatic heterocycles. The minimum Gasteiger partial charge on any atom is -0.354 e.